The van der Waals surface area contributed by atoms with Gasteiger partial charge in [0, 0.05) is 18.9 Å². The molecule has 0 aliphatic carbocycles. The van der Waals surface area contributed by atoms with Crippen molar-refractivity contribution in [2.24, 2.45) is 5.92 Å². The summed E-state index contributed by atoms with van der Waals surface area (Å²) < 4.78 is 1.27. The van der Waals surface area contributed by atoms with Crippen LogP contribution < -0.4 is 5.56 Å². The van der Waals surface area contributed by atoms with E-state index in [0.29, 0.717) is 5.65 Å². The van der Waals surface area contributed by atoms with Gasteiger partial charge >= 0.3 is 5.97 Å². The number of aliphatic carboxylic acids is 1. The number of rotatable bonds is 5. The number of aromatic nitrogens is 2. The molecule has 0 radical (unpaired) electrons. The quantitative estimate of drug-likeness (QED) is 0.885. The van der Waals surface area contributed by atoms with Crippen LogP contribution in [0.25, 0.3) is 5.65 Å². The maximum atomic E-state index is 12.5. The second-order valence-corrected chi connectivity index (χ2v) is 5.38. The highest BCUT2D eigenvalue weighted by atomic mass is 16.4. The molecular weight excluding hydrogens is 286 g/mol. The molecule has 1 amide bonds. The summed E-state index contributed by atoms with van der Waals surface area (Å²) in [6.07, 6.45) is 2.72. The Hall–Kier alpha value is -2.70. The Balaban J connectivity index is 2.44. The summed E-state index contributed by atoms with van der Waals surface area (Å²) in [4.78, 5) is 41.0. The summed E-state index contributed by atoms with van der Waals surface area (Å²) in [5.74, 6) is -1.66. The zero-order valence-corrected chi connectivity index (χ0v) is 12.4. The fraction of sp³-hybridized carbons (Fsp3) is 0.333. The van der Waals surface area contributed by atoms with Crippen LogP contribution in [-0.4, -0.2) is 44.4 Å². The fourth-order valence-corrected chi connectivity index (χ4v) is 2.17. The van der Waals surface area contributed by atoms with E-state index in [2.05, 4.69) is 4.98 Å². The highest BCUT2D eigenvalue weighted by Gasteiger charge is 2.23. The van der Waals surface area contributed by atoms with Crippen LogP contribution in [0.4, 0.5) is 0 Å². The summed E-state index contributed by atoms with van der Waals surface area (Å²) in [5.41, 5.74) is -0.210. The summed E-state index contributed by atoms with van der Waals surface area (Å²) in [6, 6.07) is 5.05. The van der Waals surface area contributed by atoms with Crippen molar-refractivity contribution in [3.8, 4) is 0 Å². The van der Waals surface area contributed by atoms with Crippen molar-refractivity contribution in [2.45, 2.75) is 13.8 Å². The van der Waals surface area contributed by atoms with E-state index in [0.717, 1.165) is 4.90 Å². The fourth-order valence-electron chi connectivity index (χ4n) is 2.17. The van der Waals surface area contributed by atoms with Crippen LogP contribution in [0, 0.1) is 5.92 Å². The Kier molecular flexibility index (Phi) is 4.55. The molecule has 0 saturated carbocycles. The van der Waals surface area contributed by atoms with Gasteiger partial charge in [-0.1, -0.05) is 19.9 Å². The molecule has 2 aromatic rings. The van der Waals surface area contributed by atoms with Crippen LogP contribution in [0.5, 0.6) is 0 Å². The molecule has 0 bridgehead atoms. The van der Waals surface area contributed by atoms with E-state index in [1.165, 1.54) is 16.8 Å². The van der Waals surface area contributed by atoms with E-state index in [4.69, 9.17) is 5.11 Å². The molecule has 1 N–H and O–H groups in total. The number of carboxylic acids is 1. The number of hydrogen-bond donors (Lipinski definition) is 1. The summed E-state index contributed by atoms with van der Waals surface area (Å²) in [6.45, 7) is 3.54. The monoisotopic (exact) mass is 303 g/mol. The molecule has 2 heterocycles. The highest BCUT2D eigenvalue weighted by Crippen LogP contribution is 2.05. The molecule has 0 atom stereocenters. The molecule has 7 nitrogen and oxygen atoms in total. The van der Waals surface area contributed by atoms with Crippen molar-refractivity contribution in [1.29, 1.82) is 0 Å². The molecule has 0 aromatic carbocycles. The number of amides is 1. The van der Waals surface area contributed by atoms with Crippen molar-refractivity contribution in [3.05, 3.63) is 46.5 Å². The van der Waals surface area contributed by atoms with Gasteiger partial charge in [-0.05, 0) is 18.1 Å². The molecule has 0 saturated heterocycles. The number of carbonyl (C=O) groups excluding carboxylic acids is 1. The van der Waals surface area contributed by atoms with Gasteiger partial charge in [-0.25, -0.2) is 4.98 Å². The number of hydrogen-bond acceptors (Lipinski definition) is 4. The summed E-state index contributed by atoms with van der Waals surface area (Å²) in [7, 11) is 0. The molecule has 0 unspecified atom stereocenters. The van der Waals surface area contributed by atoms with Gasteiger partial charge < -0.3 is 10.0 Å². The van der Waals surface area contributed by atoms with Gasteiger partial charge in [-0.3, -0.25) is 18.8 Å². The van der Waals surface area contributed by atoms with Gasteiger partial charge in [0.05, 0.1) is 0 Å². The lowest BCUT2D eigenvalue weighted by atomic mass is 10.2. The first-order valence-corrected chi connectivity index (χ1v) is 6.87. The summed E-state index contributed by atoms with van der Waals surface area (Å²) in [5, 5.41) is 8.94. The van der Waals surface area contributed by atoms with Gasteiger partial charge in [0.15, 0.2) is 0 Å². The Morgan fingerprint density at radius 3 is 2.73 bits per heavy atom. The minimum atomic E-state index is -1.12. The molecule has 116 valence electrons. The highest BCUT2D eigenvalue weighted by molar-refractivity contribution is 5.95. The van der Waals surface area contributed by atoms with Gasteiger partial charge in [0.2, 0.25) is 0 Å². The van der Waals surface area contributed by atoms with E-state index in [9.17, 15) is 14.4 Å². The topological polar surface area (TPSA) is 92.0 Å². The van der Waals surface area contributed by atoms with Crippen molar-refractivity contribution < 1.29 is 14.7 Å². The van der Waals surface area contributed by atoms with Gasteiger partial charge in [-0.2, -0.15) is 0 Å². The van der Waals surface area contributed by atoms with Crippen molar-refractivity contribution in [2.75, 3.05) is 13.1 Å². The predicted molar refractivity (Wildman–Crippen MR) is 79.8 cm³/mol. The molecule has 2 rings (SSSR count). The first kappa shape index (κ1) is 15.7. The lowest BCUT2D eigenvalue weighted by Gasteiger charge is -2.22. The number of fused-ring (bicyclic) bond motifs is 1. The standard InChI is InChI=1S/C15H17N3O4/c1-10(2)8-17(9-13(19)20)14(21)11-7-16-12-5-3-4-6-18(12)15(11)22/h3-7,10H,8-9H2,1-2H3,(H,19,20). The molecule has 0 fully saturated rings. The molecule has 22 heavy (non-hydrogen) atoms. The van der Waals surface area contributed by atoms with Crippen molar-refractivity contribution >= 4 is 17.5 Å². The number of carboxylic acid groups (broad SMARTS) is 1. The van der Waals surface area contributed by atoms with Gasteiger partial charge in [0.25, 0.3) is 11.5 Å². The predicted octanol–water partition coefficient (Wildman–Crippen LogP) is 0.877. The molecular formula is C15H17N3O4. The third kappa shape index (κ3) is 3.30. The minimum absolute atomic E-state index is 0.0828. The smallest absolute Gasteiger partial charge is 0.323 e. The Labute approximate surface area is 126 Å². The molecule has 0 aliphatic rings. The Bertz CT molecular complexity index is 767. The van der Waals surface area contributed by atoms with E-state index in [-0.39, 0.29) is 18.0 Å². The van der Waals surface area contributed by atoms with Crippen molar-refractivity contribution in [1.82, 2.24) is 14.3 Å². The number of nitrogens with zero attached hydrogens (tertiary/aromatic N) is 3. The minimum Gasteiger partial charge on any atom is -0.480 e. The van der Waals surface area contributed by atoms with E-state index < -0.39 is 24.0 Å². The van der Waals surface area contributed by atoms with Crippen LogP contribution in [0.15, 0.2) is 35.4 Å². The number of carbonyl (C=O) groups is 2. The normalized spacial score (nSPS) is 10.9. The number of pyridine rings is 1. The Morgan fingerprint density at radius 2 is 2.09 bits per heavy atom. The van der Waals surface area contributed by atoms with Crippen LogP contribution in [-0.2, 0) is 4.79 Å². The maximum Gasteiger partial charge on any atom is 0.323 e. The zero-order valence-electron chi connectivity index (χ0n) is 12.4. The SMILES string of the molecule is CC(C)CN(CC(=O)O)C(=O)c1cnc2ccccn2c1=O. The van der Waals surface area contributed by atoms with E-state index in [1.807, 2.05) is 13.8 Å². The van der Waals surface area contributed by atoms with Gasteiger partial charge in [-0.15, -0.1) is 0 Å². The average Bonchev–Trinajstić information content (AvgIpc) is 2.45. The zero-order chi connectivity index (χ0) is 16.3. The largest absolute Gasteiger partial charge is 0.480 e. The third-order valence-corrected chi connectivity index (χ3v) is 3.04. The van der Waals surface area contributed by atoms with Crippen LogP contribution >= 0.6 is 0 Å². The Morgan fingerprint density at radius 1 is 1.36 bits per heavy atom. The third-order valence-electron chi connectivity index (χ3n) is 3.04. The average molecular weight is 303 g/mol. The lowest BCUT2D eigenvalue weighted by Crippen LogP contribution is -2.41. The first-order chi connectivity index (χ1) is 10.4. The van der Waals surface area contributed by atoms with Gasteiger partial charge in [0.1, 0.15) is 17.8 Å². The summed E-state index contributed by atoms with van der Waals surface area (Å²) >= 11 is 0. The molecule has 0 aliphatic heterocycles. The molecule has 0 spiro atoms. The van der Waals surface area contributed by atoms with Crippen LogP contribution in [0.1, 0.15) is 24.2 Å². The first-order valence-electron chi connectivity index (χ1n) is 6.87. The van der Waals surface area contributed by atoms with Crippen molar-refractivity contribution in [3.63, 3.8) is 0 Å². The van der Waals surface area contributed by atoms with Crippen LogP contribution in [0.2, 0.25) is 0 Å². The molecule has 7 heteroatoms. The van der Waals surface area contributed by atoms with E-state index in [1.54, 1.807) is 18.2 Å². The second-order valence-electron chi connectivity index (χ2n) is 5.38. The maximum absolute atomic E-state index is 12.5. The second kappa shape index (κ2) is 6.38. The van der Waals surface area contributed by atoms with Crippen LogP contribution in [0.3, 0.4) is 0 Å². The lowest BCUT2D eigenvalue weighted by molar-refractivity contribution is -0.137. The molecule has 2 aromatic heterocycles. The van der Waals surface area contributed by atoms with E-state index >= 15 is 0 Å².